The van der Waals surface area contributed by atoms with Crippen LogP contribution in [0.1, 0.15) is 17.5 Å². The summed E-state index contributed by atoms with van der Waals surface area (Å²) < 4.78 is 5.11. The van der Waals surface area contributed by atoms with Crippen LogP contribution in [0.25, 0.3) is 0 Å². The van der Waals surface area contributed by atoms with Gasteiger partial charge in [0.2, 0.25) is 5.91 Å². The van der Waals surface area contributed by atoms with Crippen molar-refractivity contribution < 1.29 is 14.6 Å². The molecule has 1 N–H and O–H groups in total. The first-order valence-electron chi connectivity index (χ1n) is 9.55. The fraction of sp³-hybridized carbons (Fsp3) is 0.409. The van der Waals surface area contributed by atoms with Crippen molar-refractivity contribution in [3.8, 4) is 11.5 Å². The average Bonchev–Trinajstić information content (AvgIpc) is 2.70. The van der Waals surface area contributed by atoms with Gasteiger partial charge >= 0.3 is 0 Å². The van der Waals surface area contributed by atoms with Gasteiger partial charge in [-0.25, -0.2) is 0 Å². The number of phenolic OH excluding ortho intramolecular Hbond substituents is 1. The number of benzene rings is 2. The second kappa shape index (κ2) is 9.42. The van der Waals surface area contributed by atoms with Gasteiger partial charge in [-0.3, -0.25) is 9.69 Å². The maximum Gasteiger partial charge on any atom is 0.227 e. The van der Waals surface area contributed by atoms with Gasteiger partial charge in [-0.05, 0) is 42.6 Å². The molecule has 0 atom stereocenters. The van der Waals surface area contributed by atoms with Crippen LogP contribution in [0.5, 0.6) is 11.5 Å². The van der Waals surface area contributed by atoms with E-state index in [0.717, 1.165) is 51.1 Å². The van der Waals surface area contributed by atoms with Crippen LogP contribution < -0.4 is 4.74 Å². The van der Waals surface area contributed by atoms with Crippen LogP contribution in [0.4, 0.5) is 0 Å². The van der Waals surface area contributed by atoms with Gasteiger partial charge in [-0.15, -0.1) is 0 Å². The molecule has 1 heterocycles. The van der Waals surface area contributed by atoms with Crippen molar-refractivity contribution >= 4 is 5.91 Å². The van der Waals surface area contributed by atoms with E-state index in [-0.39, 0.29) is 11.7 Å². The standard InChI is InChI=1S/C22H28N2O3/c1-27-21-16-19(9-10-20(21)25)17-22(26)24-14-12-23(13-15-24)11-5-8-18-6-3-2-4-7-18/h2-4,6-7,9-10,16,25H,5,8,11-15,17H2,1H3. The zero-order valence-corrected chi connectivity index (χ0v) is 15.9. The number of amides is 1. The second-order valence-corrected chi connectivity index (χ2v) is 6.99. The predicted octanol–water partition coefficient (Wildman–Crippen LogP) is 2.72. The fourth-order valence-electron chi connectivity index (χ4n) is 3.49. The summed E-state index contributed by atoms with van der Waals surface area (Å²) >= 11 is 0. The van der Waals surface area contributed by atoms with Crippen LogP contribution in [0.3, 0.4) is 0 Å². The van der Waals surface area contributed by atoms with E-state index >= 15 is 0 Å². The Morgan fingerprint density at radius 1 is 1.04 bits per heavy atom. The van der Waals surface area contributed by atoms with Crippen LogP contribution >= 0.6 is 0 Å². The number of rotatable bonds is 7. The molecule has 0 saturated carbocycles. The van der Waals surface area contributed by atoms with Crippen molar-refractivity contribution in [2.75, 3.05) is 39.8 Å². The number of carbonyl (C=O) groups is 1. The highest BCUT2D eigenvalue weighted by Gasteiger charge is 2.21. The van der Waals surface area contributed by atoms with Crippen molar-refractivity contribution in [1.29, 1.82) is 0 Å². The number of hydrogen-bond acceptors (Lipinski definition) is 4. The summed E-state index contributed by atoms with van der Waals surface area (Å²) in [7, 11) is 1.51. The number of aromatic hydroxyl groups is 1. The molecule has 2 aromatic rings. The van der Waals surface area contributed by atoms with Crippen LogP contribution in [0.15, 0.2) is 48.5 Å². The fourth-order valence-corrected chi connectivity index (χ4v) is 3.49. The molecule has 5 heteroatoms. The van der Waals surface area contributed by atoms with E-state index in [0.29, 0.717) is 12.2 Å². The highest BCUT2D eigenvalue weighted by atomic mass is 16.5. The van der Waals surface area contributed by atoms with Crippen molar-refractivity contribution in [3.63, 3.8) is 0 Å². The third-order valence-electron chi connectivity index (χ3n) is 5.11. The van der Waals surface area contributed by atoms with Gasteiger partial charge < -0.3 is 14.7 Å². The number of ether oxygens (including phenoxy) is 1. The Morgan fingerprint density at radius 2 is 1.78 bits per heavy atom. The Bertz CT molecular complexity index is 740. The number of aryl methyl sites for hydroxylation is 1. The zero-order chi connectivity index (χ0) is 19.1. The molecule has 0 spiro atoms. The summed E-state index contributed by atoms with van der Waals surface area (Å²) in [6.45, 7) is 4.49. The van der Waals surface area contributed by atoms with Gasteiger partial charge in [0.1, 0.15) is 0 Å². The van der Waals surface area contributed by atoms with Gasteiger partial charge in [-0.2, -0.15) is 0 Å². The normalized spacial score (nSPS) is 14.9. The number of carbonyl (C=O) groups excluding carboxylic acids is 1. The maximum atomic E-state index is 12.6. The Balaban J connectivity index is 1.41. The molecule has 3 rings (SSSR count). The Hall–Kier alpha value is -2.53. The summed E-state index contributed by atoms with van der Waals surface area (Å²) in [4.78, 5) is 16.9. The van der Waals surface area contributed by atoms with E-state index in [1.807, 2.05) is 11.0 Å². The molecule has 2 aromatic carbocycles. The van der Waals surface area contributed by atoms with Crippen LogP contribution in [-0.4, -0.2) is 60.6 Å². The third kappa shape index (κ3) is 5.47. The summed E-state index contributed by atoms with van der Waals surface area (Å²) in [5, 5.41) is 9.66. The minimum Gasteiger partial charge on any atom is -0.504 e. The lowest BCUT2D eigenvalue weighted by molar-refractivity contribution is -0.132. The van der Waals surface area contributed by atoms with Gasteiger partial charge in [0.05, 0.1) is 13.5 Å². The molecule has 1 fully saturated rings. The van der Waals surface area contributed by atoms with Gasteiger partial charge in [0.15, 0.2) is 11.5 Å². The first kappa shape index (κ1) is 19.2. The van der Waals surface area contributed by atoms with Gasteiger partial charge in [0.25, 0.3) is 0 Å². The summed E-state index contributed by atoms with van der Waals surface area (Å²) in [5.41, 5.74) is 2.25. The average molecular weight is 368 g/mol. The molecule has 0 radical (unpaired) electrons. The first-order valence-corrected chi connectivity index (χ1v) is 9.55. The third-order valence-corrected chi connectivity index (χ3v) is 5.11. The number of hydrogen-bond donors (Lipinski definition) is 1. The molecule has 1 saturated heterocycles. The molecule has 0 aliphatic carbocycles. The quantitative estimate of drug-likeness (QED) is 0.816. The second-order valence-electron chi connectivity index (χ2n) is 6.99. The van der Waals surface area contributed by atoms with E-state index in [9.17, 15) is 9.90 Å². The molecule has 144 valence electrons. The van der Waals surface area contributed by atoms with E-state index in [4.69, 9.17) is 4.74 Å². The SMILES string of the molecule is COc1cc(CC(=O)N2CCN(CCCc3ccccc3)CC2)ccc1O. The number of methoxy groups -OCH3 is 1. The van der Waals surface area contributed by atoms with E-state index in [1.54, 1.807) is 18.2 Å². The monoisotopic (exact) mass is 368 g/mol. The molecule has 0 unspecified atom stereocenters. The number of piperazine rings is 1. The number of nitrogens with zero attached hydrogens (tertiary/aromatic N) is 2. The molecular weight excluding hydrogens is 340 g/mol. The Labute approximate surface area is 161 Å². The van der Waals surface area contributed by atoms with Crippen LogP contribution in [0.2, 0.25) is 0 Å². The minimum atomic E-state index is 0.0952. The van der Waals surface area contributed by atoms with E-state index in [2.05, 4.69) is 29.2 Å². The van der Waals surface area contributed by atoms with Crippen LogP contribution in [0, 0.1) is 0 Å². The lowest BCUT2D eigenvalue weighted by Crippen LogP contribution is -2.49. The minimum absolute atomic E-state index is 0.0952. The van der Waals surface area contributed by atoms with E-state index in [1.165, 1.54) is 12.7 Å². The van der Waals surface area contributed by atoms with Gasteiger partial charge in [0, 0.05) is 26.2 Å². The van der Waals surface area contributed by atoms with Crippen molar-refractivity contribution in [3.05, 3.63) is 59.7 Å². The Morgan fingerprint density at radius 3 is 2.48 bits per heavy atom. The lowest BCUT2D eigenvalue weighted by atomic mass is 10.1. The molecule has 27 heavy (non-hydrogen) atoms. The molecule has 0 aromatic heterocycles. The molecule has 5 nitrogen and oxygen atoms in total. The van der Waals surface area contributed by atoms with Crippen molar-refractivity contribution in [2.24, 2.45) is 0 Å². The first-order chi connectivity index (χ1) is 13.2. The van der Waals surface area contributed by atoms with Crippen molar-refractivity contribution in [1.82, 2.24) is 9.80 Å². The largest absolute Gasteiger partial charge is 0.504 e. The van der Waals surface area contributed by atoms with Gasteiger partial charge in [-0.1, -0.05) is 36.4 Å². The molecule has 1 amide bonds. The Kier molecular flexibility index (Phi) is 6.71. The highest BCUT2D eigenvalue weighted by molar-refractivity contribution is 5.79. The lowest BCUT2D eigenvalue weighted by Gasteiger charge is -2.34. The molecule has 1 aliphatic heterocycles. The number of phenols is 1. The van der Waals surface area contributed by atoms with Crippen LogP contribution in [-0.2, 0) is 17.6 Å². The summed E-state index contributed by atoms with van der Waals surface area (Å²) in [5.74, 6) is 0.632. The highest BCUT2D eigenvalue weighted by Crippen LogP contribution is 2.26. The summed E-state index contributed by atoms with van der Waals surface area (Å²) in [6, 6.07) is 15.7. The topological polar surface area (TPSA) is 53.0 Å². The molecule has 1 aliphatic rings. The zero-order valence-electron chi connectivity index (χ0n) is 15.9. The summed E-state index contributed by atoms with van der Waals surface area (Å²) in [6.07, 6.45) is 2.58. The maximum absolute atomic E-state index is 12.6. The smallest absolute Gasteiger partial charge is 0.227 e. The predicted molar refractivity (Wildman–Crippen MR) is 106 cm³/mol. The molecule has 0 bridgehead atoms. The van der Waals surface area contributed by atoms with Crippen molar-refractivity contribution in [2.45, 2.75) is 19.3 Å². The van der Waals surface area contributed by atoms with E-state index < -0.39 is 0 Å². The molecular formula is C22H28N2O3.